The van der Waals surface area contributed by atoms with Crippen molar-refractivity contribution in [2.24, 2.45) is 0 Å². The molecule has 34 heavy (non-hydrogen) atoms. The Morgan fingerprint density at radius 1 is 0.971 bits per heavy atom. The Balaban J connectivity index is 1.29. The summed E-state index contributed by atoms with van der Waals surface area (Å²) in [6.07, 6.45) is 5.02. The van der Waals surface area contributed by atoms with E-state index in [4.69, 9.17) is 9.47 Å². The molecule has 3 aromatic carbocycles. The highest BCUT2D eigenvalue weighted by Gasteiger charge is 2.19. The third kappa shape index (κ3) is 5.87. The van der Waals surface area contributed by atoms with Crippen molar-refractivity contribution in [1.29, 1.82) is 0 Å². The Labute approximate surface area is 200 Å². The Morgan fingerprint density at radius 3 is 2.53 bits per heavy atom. The Hall–Kier alpha value is -3.54. The fourth-order valence-corrected chi connectivity index (χ4v) is 4.47. The van der Waals surface area contributed by atoms with Crippen LogP contribution >= 0.6 is 0 Å². The smallest absolute Gasteiger partial charge is 0.239 e. The first-order valence-electron chi connectivity index (χ1n) is 11.9. The quantitative estimate of drug-likeness (QED) is 0.485. The second-order valence-electron chi connectivity index (χ2n) is 8.82. The predicted octanol–water partition coefficient (Wildman–Crippen LogP) is 4.71. The average Bonchev–Trinajstić information content (AvgIpc) is 3.36. The maximum absolute atomic E-state index is 12.5. The summed E-state index contributed by atoms with van der Waals surface area (Å²) in [6.45, 7) is 1.83. The number of methoxy groups -OCH3 is 1. The van der Waals surface area contributed by atoms with Crippen molar-refractivity contribution in [3.05, 3.63) is 71.8 Å². The normalized spacial score (nSPS) is 14.5. The van der Waals surface area contributed by atoms with E-state index in [9.17, 15) is 9.59 Å². The van der Waals surface area contributed by atoms with Crippen LogP contribution in [0, 0.1) is 0 Å². The highest BCUT2D eigenvalue weighted by molar-refractivity contribution is 5.91. The van der Waals surface area contributed by atoms with Gasteiger partial charge >= 0.3 is 0 Å². The summed E-state index contributed by atoms with van der Waals surface area (Å²) in [5, 5.41) is 7.81. The van der Waals surface area contributed by atoms with E-state index in [2.05, 4.69) is 10.6 Å². The van der Waals surface area contributed by atoms with Gasteiger partial charge in [-0.25, -0.2) is 0 Å². The molecule has 1 saturated carbocycles. The molecule has 0 aromatic heterocycles. The van der Waals surface area contributed by atoms with Gasteiger partial charge in [-0.2, -0.15) is 0 Å². The summed E-state index contributed by atoms with van der Waals surface area (Å²) in [5.74, 6) is 0.963. The monoisotopic (exact) mass is 460 g/mol. The highest BCUT2D eigenvalue weighted by Crippen LogP contribution is 2.33. The van der Waals surface area contributed by atoms with Gasteiger partial charge in [0.2, 0.25) is 11.8 Å². The number of nitrogens with one attached hydrogen (secondary N) is 2. The lowest BCUT2D eigenvalue weighted by atomic mass is 10.0. The Morgan fingerprint density at radius 2 is 1.74 bits per heavy atom. The lowest BCUT2D eigenvalue weighted by Gasteiger charge is -2.19. The largest absolute Gasteiger partial charge is 0.493 e. The molecule has 1 unspecified atom stereocenters. The molecule has 0 saturated heterocycles. The minimum absolute atomic E-state index is 0.0754. The molecule has 0 aliphatic heterocycles. The van der Waals surface area contributed by atoms with E-state index in [1.165, 1.54) is 12.8 Å². The lowest BCUT2D eigenvalue weighted by Crippen LogP contribution is -2.38. The van der Waals surface area contributed by atoms with Gasteiger partial charge in [0.1, 0.15) is 0 Å². The molecule has 1 fully saturated rings. The number of benzene rings is 3. The van der Waals surface area contributed by atoms with Crippen LogP contribution in [0.5, 0.6) is 11.5 Å². The van der Waals surface area contributed by atoms with Crippen molar-refractivity contribution in [2.75, 3.05) is 13.7 Å². The van der Waals surface area contributed by atoms with E-state index >= 15 is 0 Å². The minimum Gasteiger partial charge on any atom is -0.493 e. The zero-order chi connectivity index (χ0) is 23.9. The summed E-state index contributed by atoms with van der Waals surface area (Å²) in [5.41, 5.74) is 1.85. The molecule has 3 aromatic rings. The summed E-state index contributed by atoms with van der Waals surface area (Å²) >= 11 is 0. The maximum Gasteiger partial charge on any atom is 0.239 e. The number of rotatable bonds is 9. The van der Waals surface area contributed by atoms with Crippen LogP contribution in [0.2, 0.25) is 0 Å². The molecule has 1 atom stereocenters. The number of carbonyl (C=O) groups is 2. The molecule has 178 valence electrons. The molecule has 6 nitrogen and oxygen atoms in total. The van der Waals surface area contributed by atoms with E-state index in [0.717, 1.165) is 40.5 Å². The Kier molecular flexibility index (Phi) is 7.68. The van der Waals surface area contributed by atoms with Gasteiger partial charge in [0.05, 0.1) is 32.2 Å². The summed E-state index contributed by atoms with van der Waals surface area (Å²) in [6, 6.07) is 19.4. The number of carbonyl (C=O) groups excluding carboxylic acids is 2. The van der Waals surface area contributed by atoms with Gasteiger partial charge in [0.15, 0.2) is 11.5 Å². The molecule has 0 radical (unpaired) electrons. The molecule has 0 spiro atoms. The van der Waals surface area contributed by atoms with Crippen LogP contribution in [0.4, 0.5) is 0 Å². The molecule has 0 heterocycles. The molecule has 4 rings (SSSR count). The number of hydrogen-bond acceptors (Lipinski definition) is 4. The molecule has 2 N–H and O–H groups in total. The second kappa shape index (κ2) is 11.1. The van der Waals surface area contributed by atoms with Crippen molar-refractivity contribution in [2.45, 2.75) is 51.2 Å². The van der Waals surface area contributed by atoms with Crippen LogP contribution in [0.15, 0.2) is 60.7 Å². The molecule has 0 bridgehead atoms. The van der Waals surface area contributed by atoms with Crippen LogP contribution in [0.25, 0.3) is 10.8 Å². The first-order valence-corrected chi connectivity index (χ1v) is 11.9. The van der Waals surface area contributed by atoms with E-state index in [0.29, 0.717) is 5.75 Å². The number of hydrogen-bond donors (Lipinski definition) is 2. The SMILES string of the molecule is COc1cc(C(C)NC(=O)CNC(=O)Cc2cccc3ccccc23)ccc1OC1CCCC1. The van der Waals surface area contributed by atoms with Gasteiger partial charge < -0.3 is 20.1 Å². The van der Waals surface area contributed by atoms with Gasteiger partial charge in [-0.3, -0.25) is 9.59 Å². The van der Waals surface area contributed by atoms with Crippen LogP contribution < -0.4 is 20.1 Å². The zero-order valence-electron chi connectivity index (χ0n) is 19.8. The van der Waals surface area contributed by atoms with E-state index in [-0.39, 0.29) is 36.9 Å². The first-order chi connectivity index (χ1) is 16.5. The first kappa shape index (κ1) is 23.6. The van der Waals surface area contributed by atoms with E-state index in [1.54, 1.807) is 7.11 Å². The molecule has 1 aliphatic rings. The number of amides is 2. The van der Waals surface area contributed by atoms with Crippen LogP contribution in [-0.4, -0.2) is 31.6 Å². The topological polar surface area (TPSA) is 76.7 Å². The van der Waals surface area contributed by atoms with E-state index < -0.39 is 0 Å². The maximum atomic E-state index is 12.5. The molecular formula is C28H32N2O4. The standard InChI is InChI=1S/C28H32N2O4/c1-19(21-14-15-25(26(16-21)33-2)34-23-11-4-5-12-23)30-28(32)18-29-27(31)17-22-10-7-9-20-8-3-6-13-24(20)22/h3,6-10,13-16,19,23H,4-5,11-12,17-18H2,1-2H3,(H,29,31)(H,30,32). The van der Waals surface area contributed by atoms with Crippen molar-refractivity contribution >= 4 is 22.6 Å². The number of ether oxygens (including phenoxy) is 2. The van der Waals surface area contributed by atoms with Gasteiger partial charge in [-0.05, 0) is 66.6 Å². The summed E-state index contributed by atoms with van der Waals surface area (Å²) in [7, 11) is 1.62. The Bertz CT molecular complexity index is 1150. The zero-order valence-corrected chi connectivity index (χ0v) is 19.8. The van der Waals surface area contributed by atoms with Gasteiger partial charge in [-0.1, -0.05) is 48.5 Å². The second-order valence-corrected chi connectivity index (χ2v) is 8.82. The van der Waals surface area contributed by atoms with Gasteiger partial charge in [-0.15, -0.1) is 0 Å². The average molecular weight is 461 g/mol. The van der Waals surface area contributed by atoms with Crippen molar-refractivity contribution in [3.63, 3.8) is 0 Å². The third-order valence-corrected chi connectivity index (χ3v) is 6.34. The molecule has 6 heteroatoms. The lowest BCUT2D eigenvalue weighted by molar-refractivity contribution is -0.126. The van der Waals surface area contributed by atoms with Crippen LogP contribution in [0.3, 0.4) is 0 Å². The molecule has 1 aliphatic carbocycles. The van der Waals surface area contributed by atoms with Gasteiger partial charge in [0.25, 0.3) is 0 Å². The van der Waals surface area contributed by atoms with E-state index in [1.807, 2.05) is 67.6 Å². The highest BCUT2D eigenvalue weighted by atomic mass is 16.5. The van der Waals surface area contributed by atoms with Gasteiger partial charge in [0, 0.05) is 0 Å². The van der Waals surface area contributed by atoms with Crippen LogP contribution in [0.1, 0.15) is 49.8 Å². The summed E-state index contributed by atoms with van der Waals surface area (Å²) in [4.78, 5) is 24.9. The number of fused-ring (bicyclic) bond motifs is 1. The van der Waals surface area contributed by atoms with Crippen molar-refractivity contribution in [3.8, 4) is 11.5 Å². The molecular weight excluding hydrogens is 428 g/mol. The minimum atomic E-state index is -0.246. The molecule has 2 amide bonds. The fourth-order valence-electron chi connectivity index (χ4n) is 4.47. The predicted molar refractivity (Wildman–Crippen MR) is 133 cm³/mol. The third-order valence-electron chi connectivity index (χ3n) is 6.34. The fraction of sp³-hybridized carbons (Fsp3) is 0.357. The summed E-state index contributed by atoms with van der Waals surface area (Å²) < 4.78 is 11.6. The van der Waals surface area contributed by atoms with Crippen LogP contribution in [-0.2, 0) is 16.0 Å². The van der Waals surface area contributed by atoms with Crippen molar-refractivity contribution < 1.29 is 19.1 Å². The van der Waals surface area contributed by atoms with Crippen molar-refractivity contribution in [1.82, 2.24) is 10.6 Å².